The molecule has 0 aliphatic rings. The minimum Gasteiger partial charge on any atom is -0.352 e. The molecule has 7 nitrogen and oxygen atoms in total. The van der Waals surface area contributed by atoms with Crippen molar-refractivity contribution < 1.29 is 14.5 Å². The summed E-state index contributed by atoms with van der Waals surface area (Å²) >= 11 is 0. The number of benzene rings is 2. The van der Waals surface area contributed by atoms with E-state index < -0.39 is 10.8 Å². The van der Waals surface area contributed by atoms with Gasteiger partial charge in [-0.1, -0.05) is 37.3 Å². The first-order valence-corrected chi connectivity index (χ1v) is 7.92. The Morgan fingerprint density at radius 2 is 1.76 bits per heavy atom. The zero-order valence-electron chi connectivity index (χ0n) is 13.8. The summed E-state index contributed by atoms with van der Waals surface area (Å²) in [4.78, 5) is 34.9. The van der Waals surface area contributed by atoms with Crippen LogP contribution in [0, 0.1) is 10.1 Å². The van der Waals surface area contributed by atoms with Gasteiger partial charge in [0.2, 0.25) is 5.91 Å². The standard InChI is InChI=1S/C18H19N3O4/c1-2-11-19-18(23)14-8-4-5-9-15(14)20-17(22)12-13-7-3-6-10-16(13)21(24)25/h3-10H,2,11-12H2,1H3,(H,19,23)(H,20,22). The predicted octanol–water partition coefficient (Wildman–Crippen LogP) is 2.92. The normalized spacial score (nSPS) is 10.1. The molecule has 0 aromatic heterocycles. The first-order chi connectivity index (χ1) is 12.0. The molecular formula is C18H19N3O4. The van der Waals surface area contributed by atoms with Gasteiger partial charge in [-0.2, -0.15) is 0 Å². The summed E-state index contributed by atoms with van der Waals surface area (Å²) in [5, 5.41) is 16.4. The summed E-state index contributed by atoms with van der Waals surface area (Å²) in [5.41, 5.74) is 0.941. The molecule has 0 saturated carbocycles. The fourth-order valence-corrected chi connectivity index (χ4v) is 2.33. The van der Waals surface area contributed by atoms with Gasteiger partial charge in [-0.3, -0.25) is 19.7 Å². The summed E-state index contributed by atoms with van der Waals surface area (Å²) in [5.74, 6) is -0.700. The second-order valence-electron chi connectivity index (χ2n) is 5.41. The van der Waals surface area contributed by atoms with Crippen LogP contribution in [0.4, 0.5) is 11.4 Å². The van der Waals surface area contributed by atoms with E-state index in [-0.39, 0.29) is 18.0 Å². The Bertz CT molecular complexity index is 789. The van der Waals surface area contributed by atoms with E-state index in [0.717, 1.165) is 6.42 Å². The summed E-state index contributed by atoms with van der Waals surface area (Å²) in [7, 11) is 0. The van der Waals surface area contributed by atoms with Crippen molar-refractivity contribution in [2.24, 2.45) is 0 Å². The van der Waals surface area contributed by atoms with Gasteiger partial charge < -0.3 is 10.6 Å². The molecule has 0 saturated heterocycles. The molecule has 0 fully saturated rings. The van der Waals surface area contributed by atoms with Crippen LogP contribution < -0.4 is 10.6 Å². The highest BCUT2D eigenvalue weighted by Gasteiger charge is 2.17. The van der Waals surface area contributed by atoms with Crippen LogP contribution >= 0.6 is 0 Å². The lowest BCUT2D eigenvalue weighted by Gasteiger charge is -2.11. The molecule has 130 valence electrons. The van der Waals surface area contributed by atoms with Gasteiger partial charge in [-0.05, 0) is 18.6 Å². The first kappa shape index (κ1) is 18.1. The van der Waals surface area contributed by atoms with Gasteiger partial charge in [0, 0.05) is 18.2 Å². The third-order valence-corrected chi connectivity index (χ3v) is 3.52. The van der Waals surface area contributed by atoms with Crippen LogP contribution in [0.25, 0.3) is 0 Å². The predicted molar refractivity (Wildman–Crippen MR) is 94.5 cm³/mol. The van der Waals surface area contributed by atoms with Gasteiger partial charge in [-0.15, -0.1) is 0 Å². The number of para-hydroxylation sites is 2. The molecule has 7 heteroatoms. The maximum atomic E-state index is 12.3. The second-order valence-corrected chi connectivity index (χ2v) is 5.41. The molecule has 2 rings (SSSR count). The average Bonchev–Trinajstić information content (AvgIpc) is 2.60. The molecule has 0 spiro atoms. The minimum absolute atomic E-state index is 0.105. The Morgan fingerprint density at radius 3 is 2.48 bits per heavy atom. The monoisotopic (exact) mass is 341 g/mol. The zero-order chi connectivity index (χ0) is 18.2. The lowest BCUT2D eigenvalue weighted by atomic mass is 10.1. The molecule has 2 aromatic rings. The van der Waals surface area contributed by atoms with Gasteiger partial charge in [0.05, 0.1) is 22.6 Å². The zero-order valence-corrected chi connectivity index (χ0v) is 13.8. The van der Waals surface area contributed by atoms with E-state index in [1.165, 1.54) is 12.1 Å². The van der Waals surface area contributed by atoms with Crippen LogP contribution in [-0.4, -0.2) is 23.3 Å². The molecular weight excluding hydrogens is 322 g/mol. The van der Waals surface area contributed by atoms with Crippen molar-refractivity contribution in [3.05, 3.63) is 69.8 Å². The molecule has 2 amide bonds. The number of carbonyl (C=O) groups is 2. The number of nitro groups is 1. The highest BCUT2D eigenvalue weighted by Crippen LogP contribution is 2.20. The average molecular weight is 341 g/mol. The molecule has 0 aliphatic carbocycles. The number of anilines is 1. The molecule has 0 unspecified atom stereocenters. The molecule has 0 aliphatic heterocycles. The Hall–Kier alpha value is -3.22. The Balaban J connectivity index is 2.14. The second kappa shape index (κ2) is 8.58. The van der Waals surface area contributed by atoms with Crippen LogP contribution in [0.3, 0.4) is 0 Å². The molecule has 25 heavy (non-hydrogen) atoms. The van der Waals surface area contributed by atoms with Crippen molar-refractivity contribution in [3.63, 3.8) is 0 Å². The van der Waals surface area contributed by atoms with E-state index in [1.54, 1.807) is 36.4 Å². The minimum atomic E-state index is -0.519. The van der Waals surface area contributed by atoms with E-state index in [1.807, 2.05) is 6.92 Å². The third-order valence-electron chi connectivity index (χ3n) is 3.52. The van der Waals surface area contributed by atoms with Crippen molar-refractivity contribution in [1.29, 1.82) is 0 Å². The van der Waals surface area contributed by atoms with Crippen molar-refractivity contribution in [2.75, 3.05) is 11.9 Å². The fourth-order valence-electron chi connectivity index (χ4n) is 2.33. The molecule has 2 aromatic carbocycles. The van der Waals surface area contributed by atoms with Gasteiger partial charge in [0.1, 0.15) is 0 Å². The summed E-state index contributed by atoms with van der Waals surface area (Å²) in [6, 6.07) is 12.7. The topological polar surface area (TPSA) is 101 Å². The highest BCUT2D eigenvalue weighted by atomic mass is 16.6. The van der Waals surface area contributed by atoms with Crippen LogP contribution in [0.15, 0.2) is 48.5 Å². The van der Waals surface area contributed by atoms with Crippen LogP contribution in [0.2, 0.25) is 0 Å². The first-order valence-electron chi connectivity index (χ1n) is 7.92. The van der Waals surface area contributed by atoms with Crippen molar-refractivity contribution in [1.82, 2.24) is 5.32 Å². The van der Waals surface area contributed by atoms with E-state index in [9.17, 15) is 19.7 Å². The molecule has 0 atom stereocenters. The fraction of sp³-hybridized carbons (Fsp3) is 0.222. The third kappa shape index (κ3) is 4.87. The SMILES string of the molecule is CCCNC(=O)c1ccccc1NC(=O)Cc1ccccc1[N+](=O)[O-]. The van der Waals surface area contributed by atoms with Gasteiger partial charge in [0.25, 0.3) is 11.6 Å². The molecule has 0 bridgehead atoms. The summed E-state index contributed by atoms with van der Waals surface area (Å²) < 4.78 is 0. The molecule has 0 radical (unpaired) electrons. The largest absolute Gasteiger partial charge is 0.352 e. The van der Waals surface area contributed by atoms with Crippen LogP contribution in [-0.2, 0) is 11.2 Å². The van der Waals surface area contributed by atoms with Crippen molar-refractivity contribution in [2.45, 2.75) is 19.8 Å². The Labute approximate surface area is 145 Å². The lowest BCUT2D eigenvalue weighted by molar-refractivity contribution is -0.385. The maximum Gasteiger partial charge on any atom is 0.273 e. The van der Waals surface area contributed by atoms with Gasteiger partial charge in [-0.25, -0.2) is 0 Å². The Morgan fingerprint density at radius 1 is 1.08 bits per heavy atom. The van der Waals surface area contributed by atoms with Crippen molar-refractivity contribution in [3.8, 4) is 0 Å². The van der Waals surface area contributed by atoms with E-state index >= 15 is 0 Å². The number of hydrogen-bond donors (Lipinski definition) is 2. The molecule has 0 heterocycles. The number of rotatable bonds is 7. The lowest BCUT2D eigenvalue weighted by Crippen LogP contribution is -2.26. The smallest absolute Gasteiger partial charge is 0.273 e. The maximum absolute atomic E-state index is 12.3. The number of amides is 2. The van der Waals surface area contributed by atoms with Crippen molar-refractivity contribution >= 4 is 23.2 Å². The van der Waals surface area contributed by atoms with Crippen LogP contribution in [0.5, 0.6) is 0 Å². The Kier molecular flexibility index (Phi) is 6.22. The quantitative estimate of drug-likeness (QED) is 0.597. The van der Waals surface area contributed by atoms with Crippen LogP contribution in [0.1, 0.15) is 29.3 Å². The summed E-state index contributed by atoms with van der Waals surface area (Å²) in [6.45, 7) is 2.48. The number of carbonyl (C=O) groups excluding carboxylic acids is 2. The van der Waals surface area contributed by atoms with E-state index in [0.29, 0.717) is 23.4 Å². The number of hydrogen-bond acceptors (Lipinski definition) is 4. The highest BCUT2D eigenvalue weighted by molar-refractivity contribution is 6.04. The molecule has 2 N–H and O–H groups in total. The number of nitrogens with one attached hydrogen (secondary N) is 2. The van der Waals surface area contributed by atoms with Gasteiger partial charge >= 0.3 is 0 Å². The number of nitrogens with zero attached hydrogens (tertiary/aromatic N) is 1. The van der Waals surface area contributed by atoms with E-state index in [2.05, 4.69) is 10.6 Å². The number of nitro benzene ring substituents is 1. The summed E-state index contributed by atoms with van der Waals surface area (Å²) in [6.07, 6.45) is 0.653. The van der Waals surface area contributed by atoms with Gasteiger partial charge in [0.15, 0.2) is 0 Å². The van der Waals surface area contributed by atoms with E-state index in [4.69, 9.17) is 0 Å².